The van der Waals surface area contributed by atoms with Crippen LogP contribution in [0, 0.1) is 25.6 Å². The molecule has 1 saturated heterocycles. The lowest BCUT2D eigenvalue weighted by atomic mass is 10.0. The van der Waals surface area contributed by atoms with E-state index in [1.54, 1.807) is 29.1 Å². The summed E-state index contributed by atoms with van der Waals surface area (Å²) >= 11 is 0. The number of anilines is 1. The molecule has 29 heavy (non-hydrogen) atoms. The number of ether oxygens (including phenoxy) is 1. The number of carbonyl (C=O) groups excluding carboxylic acids is 1. The molecule has 1 N–H and O–H groups in total. The van der Waals surface area contributed by atoms with E-state index in [1.165, 1.54) is 6.07 Å². The van der Waals surface area contributed by atoms with E-state index in [0.29, 0.717) is 41.6 Å². The van der Waals surface area contributed by atoms with Crippen LogP contribution in [0.5, 0.6) is 0 Å². The molecule has 6 nitrogen and oxygen atoms in total. The Kier molecular flexibility index (Phi) is 5.40. The Morgan fingerprint density at radius 1 is 1.31 bits per heavy atom. The minimum absolute atomic E-state index is 0.228. The average Bonchev–Trinajstić information content (AvgIpc) is 3.38. The molecule has 7 heteroatoms. The number of hydrogen-bond acceptors (Lipinski definition) is 4. The number of aromatic nitrogens is 3. The molecular weight excluding hydrogens is 371 g/mol. The van der Waals surface area contributed by atoms with Gasteiger partial charge in [-0.15, -0.1) is 5.10 Å². The van der Waals surface area contributed by atoms with Crippen molar-refractivity contribution < 1.29 is 13.9 Å². The fraction of sp³-hybridized carbons (Fsp3) is 0.318. The van der Waals surface area contributed by atoms with E-state index in [1.807, 2.05) is 26.0 Å². The van der Waals surface area contributed by atoms with Crippen molar-refractivity contribution in [1.29, 1.82) is 0 Å². The zero-order valence-corrected chi connectivity index (χ0v) is 16.5. The van der Waals surface area contributed by atoms with Gasteiger partial charge in [-0.2, -0.15) is 0 Å². The molecule has 2 aromatic carbocycles. The smallest absolute Gasteiger partial charge is 0.255 e. The first-order chi connectivity index (χ1) is 14.0. The maximum absolute atomic E-state index is 14.4. The number of hydrogen-bond donors (Lipinski definition) is 1. The van der Waals surface area contributed by atoms with Crippen LogP contribution in [0.2, 0.25) is 0 Å². The third-order valence-electron chi connectivity index (χ3n) is 5.36. The lowest BCUT2D eigenvalue weighted by Crippen LogP contribution is -2.14. The Morgan fingerprint density at radius 3 is 2.97 bits per heavy atom. The zero-order chi connectivity index (χ0) is 20.4. The quantitative estimate of drug-likeness (QED) is 0.710. The van der Waals surface area contributed by atoms with Crippen molar-refractivity contribution in [2.75, 3.05) is 18.5 Å². The first-order valence-electron chi connectivity index (χ1n) is 9.66. The lowest BCUT2D eigenvalue weighted by Gasteiger charge is -2.10. The summed E-state index contributed by atoms with van der Waals surface area (Å²) in [5.41, 5.74) is 3.81. The summed E-state index contributed by atoms with van der Waals surface area (Å²) in [7, 11) is 0. The van der Waals surface area contributed by atoms with Crippen molar-refractivity contribution >= 4 is 11.6 Å². The SMILES string of the molecule is Cc1cccc(C(=O)Nc2ccc(F)c(-c3cn(CC4CCOC4)nn3)c2)c1C. The van der Waals surface area contributed by atoms with Gasteiger partial charge >= 0.3 is 0 Å². The number of benzene rings is 2. The second-order valence-electron chi connectivity index (χ2n) is 7.45. The fourth-order valence-electron chi connectivity index (χ4n) is 3.50. The molecule has 4 rings (SSSR count). The summed E-state index contributed by atoms with van der Waals surface area (Å²) in [5, 5.41) is 11.1. The second-order valence-corrected chi connectivity index (χ2v) is 7.45. The molecule has 0 aliphatic carbocycles. The van der Waals surface area contributed by atoms with Crippen LogP contribution in [-0.2, 0) is 11.3 Å². The summed E-state index contributed by atoms with van der Waals surface area (Å²) in [6, 6.07) is 10.1. The highest BCUT2D eigenvalue weighted by molar-refractivity contribution is 6.05. The summed E-state index contributed by atoms with van der Waals surface area (Å²) in [4.78, 5) is 12.7. The van der Waals surface area contributed by atoms with Gasteiger partial charge in [-0.1, -0.05) is 17.3 Å². The molecule has 150 valence electrons. The molecule has 0 radical (unpaired) electrons. The minimum Gasteiger partial charge on any atom is -0.381 e. The van der Waals surface area contributed by atoms with Gasteiger partial charge in [0.15, 0.2) is 0 Å². The largest absolute Gasteiger partial charge is 0.381 e. The van der Waals surface area contributed by atoms with E-state index >= 15 is 0 Å². The van der Waals surface area contributed by atoms with Crippen LogP contribution >= 0.6 is 0 Å². The number of amides is 1. The Labute approximate surface area is 168 Å². The van der Waals surface area contributed by atoms with E-state index in [9.17, 15) is 9.18 Å². The third-order valence-corrected chi connectivity index (χ3v) is 5.36. The Bertz CT molecular complexity index is 1040. The van der Waals surface area contributed by atoms with Crippen LogP contribution in [-0.4, -0.2) is 34.1 Å². The molecule has 1 amide bonds. The van der Waals surface area contributed by atoms with E-state index in [0.717, 1.165) is 24.2 Å². The number of aryl methyl sites for hydroxylation is 1. The van der Waals surface area contributed by atoms with Crippen molar-refractivity contribution in [2.45, 2.75) is 26.8 Å². The fourth-order valence-corrected chi connectivity index (χ4v) is 3.50. The first kappa shape index (κ1) is 19.3. The highest BCUT2D eigenvalue weighted by atomic mass is 19.1. The molecule has 1 aliphatic rings. The van der Waals surface area contributed by atoms with E-state index in [4.69, 9.17) is 4.74 Å². The van der Waals surface area contributed by atoms with Crippen LogP contribution in [0.15, 0.2) is 42.6 Å². The first-order valence-corrected chi connectivity index (χ1v) is 9.66. The van der Waals surface area contributed by atoms with Crippen LogP contribution in [0.1, 0.15) is 27.9 Å². The topological polar surface area (TPSA) is 69.0 Å². The predicted molar refractivity (Wildman–Crippen MR) is 108 cm³/mol. The minimum atomic E-state index is -0.411. The van der Waals surface area contributed by atoms with Gasteiger partial charge in [-0.05, 0) is 55.7 Å². The molecule has 1 fully saturated rings. The maximum Gasteiger partial charge on any atom is 0.255 e. The van der Waals surface area contributed by atoms with E-state index < -0.39 is 5.82 Å². The summed E-state index contributed by atoms with van der Waals surface area (Å²) < 4.78 is 21.5. The Balaban J connectivity index is 1.54. The molecule has 1 aromatic heterocycles. The standard InChI is InChI=1S/C22H23FN4O2/c1-14-4-3-5-18(15(14)2)22(28)24-17-6-7-20(23)19(10-17)21-12-27(26-25-21)11-16-8-9-29-13-16/h3-7,10,12,16H,8-9,11,13H2,1-2H3,(H,24,28). The normalized spacial score (nSPS) is 16.2. The van der Waals surface area contributed by atoms with Gasteiger partial charge in [0.1, 0.15) is 11.5 Å². The molecule has 3 aromatic rings. The third kappa shape index (κ3) is 4.19. The predicted octanol–water partition coefficient (Wildman–Crippen LogP) is 3.99. The van der Waals surface area contributed by atoms with Crippen LogP contribution in [0.4, 0.5) is 10.1 Å². The van der Waals surface area contributed by atoms with Crippen molar-refractivity contribution in [3.63, 3.8) is 0 Å². The van der Waals surface area contributed by atoms with Gasteiger partial charge in [-0.25, -0.2) is 4.39 Å². The van der Waals surface area contributed by atoms with Crippen molar-refractivity contribution in [1.82, 2.24) is 15.0 Å². The average molecular weight is 394 g/mol. The van der Waals surface area contributed by atoms with Crippen LogP contribution in [0.3, 0.4) is 0 Å². The molecule has 0 bridgehead atoms. The van der Waals surface area contributed by atoms with Crippen LogP contribution < -0.4 is 5.32 Å². The van der Waals surface area contributed by atoms with E-state index in [2.05, 4.69) is 15.6 Å². The zero-order valence-electron chi connectivity index (χ0n) is 16.5. The lowest BCUT2D eigenvalue weighted by molar-refractivity contribution is 0.102. The number of carbonyl (C=O) groups is 1. The Hall–Kier alpha value is -3.06. The molecule has 1 atom stereocenters. The molecule has 2 heterocycles. The van der Waals surface area contributed by atoms with Crippen LogP contribution in [0.25, 0.3) is 11.3 Å². The van der Waals surface area contributed by atoms with Crippen molar-refractivity contribution in [2.24, 2.45) is 5.92 Å². The number of halogens is 1. The molecule has 0 spiro atoms. The monoisotopic (exact) mass is 394 g/mol. The van der Waals surface area contributed by atoms with Gasteiger partial charge in [0.25, 0.3) is 5.91 Å². The highest BCUT2D eigenvalue weighted by Gasteiger charge is 2.18. The van der Waals surface area contributed by atoms with Gasteiger partial charge < -0.3 is 10.1 Å². The molecular formula is C22H23FN4O2. The number of nitrogens with one attached hydrogen (secondary N) is 1. The molecule has 1 unspecified atom stereocenters. The number of nitrogens with zero attached hydrogens (tertiary/aromatic N) is 3. The van der Waals surface area contributed by atoms with Crippen molar-refractivity contribution in [3.05, 3.63) is 65.1 Å². The summed E-state index contributed by atoms with van der Waals surface area (Å²) in [6.07, 6.45) is 2.72. The van der Waals surface area contributed by atoms with Gasteiger partial charge in [0.05, 0.1) is 12.8 Å². The molecule has 0 saturated carbocycles. The maximum atomic E-state index is 14.4. The second kappa shape index (κ2) is 8.13. The highest BCUT2D eigenvalue weighted by Crippen LogP contribution is 2.25. The van der Waals surface area contributed by atoms with Gasteiger partial charge in [0, 0.05) is 35.9 Å². The van der Waals surface area contributed by atoms with Gasteiger partial charge in [-0.3, -0.25) is 9.48 Å². The van der Waals surface area contributed by atoms with Gasteiger partial charge in [0.2, 0.25) is 0 Å². The number of rotatable bonds is 5. The summed E-state index contributed by atoms with van der Waals surface area (Å²) in [6.45, 7) is 6.04. The molecule has 1 aliphatic heterocycles. The summed E-state index contributed by atoms with van der Waals surface area (Å²) in [5.74, 6) is -0.239. The Morgan fingerprint density at radius 2 is 2.17 bits per heavy atom. The van der Waals surface area contributed by atoms with E-state index in [-0.39, 0.29) is 5.91 Å². The van der Waals surface area contributed by atoms with Crippen molar-refractivity contribution in [3.8, 4) is 11.3 Å².